The topological polar surface area (TPSA) is 113 Å². The van der Waals surface area contributed by atoms with Gasteiger partial charge in [0.05, 0.1) is 35.6 Å². The summed E-state index contributed by atoms with van der Waals surface area (Å²) in [5.74, 6) is -1.10. The first-order valence-corrected chi connectivity index (χ1v) is 12.0. The van der Waals surface area contributed by atoms with E-state index in [1.54, 1.807) is 0 Å². The number of aryl methyl sites for hydroxylation is 1. The molecule has 1 unspecified atom stereocenters. The van der Waals surface area contributed by atoms with Gasteiger partial charge in [-0.15, -0.1) is 11.3 Å². The highest BCUT2D eigenvalue weighted by Gasteiger charge is 2.48. The molecule has 1 aliphatic heterocycles. The molecule has 1 aromatic heterocycles. The molecule has 3 rings (SSSR count). The largest absolute Gasteiger partial charge is 0.475 e. The SMILES string of the molecule is Cc1nc(COCC2=NOC(Cc3ccccc3)(C(=O)N[C@@H](CC(C)C)B(O)O)C2)c(Cl)s1. The van der Waals surface area contributed by atoms with Crippen LogP contribution in [-0.2, 0) is 27.4 Å². The summed E-state index contributed by atoms with van der Waals surface area (Å²) in [6.07, 6.45) is 0.905. The minimum Gasteiger partial charge on any atom is -0.426 e. The van der Waals surface area contributed by atoms with Crippen molar-refractivity contribution in [1.82, 2.24) is 10.3 Å². The molecule has 0 saturated carbocycles. The number of hydrogen-bond donors (Lipinski definition) is 3. The molecule has 33 heavy (non-hydrogen) atoms. The van der Waals surface area contributed by atoms with Crippen LogP contribution in [0.1, 0.15) is 43.0 Å². The van der Waals surface area contributed by atoms with Gasteiger partial charge in [-0.3, -0.25) is 4.79 Å². The van der Waals surface area contributed by atoms with Crippen molar-refractivity contribution in [3.05, 3.63) is 50.9 Å². The number of ether oxygens (including phenoxy) is 1. The average molecular weight is 494 g/mol. The number of thiazole rings is 1. The van der Waals surface area contributed by atoms with E-state index in [0.29, 0.717) is 22.2 Å². The summed E-state index contributed by atoms with van der Waals surface area (Å²) in [4.78, 5) is 23.4. The third kappa shape index (κ3) is 7.00. The summed E-state index contributed by atoms with van der Waals surface area (Å²) in [6.45, 7) is 6.16. The van der Waals surface area contributed by atoms with Gasteiger partial charge in [-0.2, -0.15) is 0 Å². The van der Waals surface area contributed by atoms with Crippen LogP contribution in [0.25, 0.3) is 0 Å². The first-order chi connectivity index (χ1) is 15.7. The number of rotatable bonds is 11. The molecule has 2 heterocycles. The van der Waals surface area contributed by atoms with Gasteiger partial charge in [-0.25, -0.2) is 4.98 Å². The van der Waals surface area contributed by atoms with Gasteiger partial charge in [0.2, 0.25) is 5.60 Å². The van der Waals surface area contributed by atoms with Gasteiger partial charge in [0, 0.05) is 12.8 Å². The number of carbonyl (C=O) groups is 1. The highest BCUT2D eigenvalue weighted by molar-refractivity contribution is 7.15. The maximum absolute atomic E-state index is 13.4. The molecule has 8 nitrogen and oxygen atoms in total. The third-order valence-electron chi connectivity index (χ3n) is 5.25. The number of amides is 1. The van der Waals surface area contributed by atoms with Crippen molar-refractivity contribution in [2.45, 2.75) is 58.2 Å². The summed E-state index contributed by atoms with van der Waals surface area (Å²) in [6, 6.07) is 9.49. The molecule has 2 aromatic rings. The fourth-order valence-corrected chi connectivity index (χ4v) is 4.78. The number of oxime groups is 1. The summed E-state index contributed by atoms with van der Waals surface area (Å²) < 4.78 is 6.32. The Morgan fingerprint density at radius 2 is 2.06 bits per heavy atom. The van der Waals surface area contributed by atoms with Crippen LogP contribution in [0.4, 0.5) is 0 Å². The van der Waals surface area contributed by atoms with E-state index in [9.17, 15) is 14.8 Å². The number of aromatic nitrogens is 1. The van der Waals surface area contributed by atoms with Gasteiger partial charge in [-0.1, -0.05) is 60.9 Å². The summed E-state index contributed by atoms with van der Waals surface area (Å²) in [7, 11) is -1.68. The molecule has 1 aromatic carbocycles. The Morgan fingerprint density at radius 1 is 1.33 bits per heavy atom. The Hall–Kier alpha value is -1.98. The second kappa shape index (κ2) is 11.4. The quantitative estimate of drug-likeness (QED) is 0.415. The van der Waals surface area contributed by atoms with Crippen LogP contribution >= 0.6 is 22.9 Å². The monoisotopic (exact) mass is 493 g/mol. The van der Waals surface area contributed by atoms with Crippen molar-refractivity contribution in [1.29, 1.82) is 0 Å². The van der Waals surface area contributed by atoms with Crippen molar-refractivity contribution in [2.24, 2.45) is 11.1 Å². The number of carbonyl (C=O) groups excluding carboxylic acids is 1. The van der Waals surface area contributed by atoms with Crippen LogP contribution in [0.3, 0.4) is 0 Å². The number of hydrogen-bond acceptors (Lipinski definition) is 8. The molecular weight excluding hydrogens is 465 g/mol. The van der Waals surface area contributed by atoms with Crippen LogP contribution in [0.5, 0.6) is 0 Å². The Labute approximate surface area is 203 Å². The lowest BCUT2D eigenvalue weighted by atomic mass is 9.74. The molecule has 178 valence electrons. The predicted molar refractivity (Wildman–Crippen MR) is 129 cm³/mol. The third-order valence-corrected chi connectivity index (χ3v) is 6.50. The van der Waals surface area contributed by atoms with Crippen molar-refractivity contribution in [2.75, 3.05) is 6.61 Å². The summed E-state index contributed by atoms with van der Waals surface area (Å²) in [5.41, 5.74) is 0.841. The lowest BCUT2D eigenvalue weighted by Crippen LogP contribution is -2.56. The number of nitrogens with zero attached hydrogens (tertiary/aromatic N) is 2. The Bertz CT molecular complexity index is 972. The average Bonchev–Trinajstić information content (AvgIpc) is 3.31. The number of benzene rings is 1. The predicted octanol–water partition coefficient (Wildman–Crippen LogP) is 2.92. The minimum absolute atomic E-state index is 0.160. The smallest absolute Gasteiger partial charge is 0.426 e. The molecule has 0 radical (unpaired) electrons. The molecule has 11 heteroatoms. The van der Waals surface area contributed by atoms with Gasteiger partial charge >= 0.3 is 7.12 Å². The minimum atomic E-state index is -1.68. The van der Waals surface area contributed by atoms with Gasteiger partial charge in [0.1, 0.15) is 4.34 Å². The molecule has 1 amide bonds. The van der Waals surface area contributed by atoms with Crippen molar-refractivity contribution >= 4 is 41.7 Å². The van der Waals surface area contributed by atoms with Gasteiger partial charge in [0.25, 0.3) is 5.91 Å². The fraction of sp³-hybridized carbons (Fsp3) is 0.500. The van der Waals surface area contributed by atoms with Crippen LogP contribution in [-0.4, -0.2) is 51.9 Å². The Balaban J connectivity index is 1.69. The van der Waals surface area contributed by atoms with Gasteiger partial charge in [0.15, 0.2) is 0 Å². The molecule has 0 bridgehead atoms. The van der Waals surface area contributed by atoms with E-state index < -0.39 is 24.6 Å². The van der Waals surface area contributed by atoms with Crippen LogP contribution in [0.2, 0.25) is 4.34 Å². The molecule has 0 saturated heterocycles. The molecule has 1 aliphatic rings. The highest BCUT2D eigenvalue weighted by atomic mass is 35.5. The first-order valence-electron chi connectivity index (χ1n) is 10.8. The van der Waals surface area contributed by atoms with E-state index in [1.165, 1.54) is 11.3 Å². The second-order valence-corrected chi connectivity index (χ2v) is 10.5. The van der Waals surface area contributed by atoms with Crippen molar-refractivity contribution in [3.63, 3.8) is 0 Å². The second-order valence-electron chi connectivity index (χ2n) is 8.65. The van der Waals surface area contributed by atoms with E-state index in [-0.39, 0.29) is 32.0 Å². The zero-order valence-electron chi connectivity index (χ0n) is 19.0. The van der Waals surface area contributed by atoms with Crippen LogP contribution in [0, 0.1) is 12.8 Å². The maximum atomic E-state index is 13.4. The van der Waals surface area contributed by atoms with Crippen molar-refractivity contribution < 1.29 is 24.4 Å². The molecule has 0 spiro atoms. The summed E-state index contributed by atoms with van der Waals surface area (Å²) >= 11 is 7.55. The van der Waals surface area contributed by atoms with Gasteiger partial charge < -0.3 is 24.9 Å². The lowest BCUT2D eigenvalue weighted by molar-refractivity contribution is -0.144. The lowest BCUT2D eigenvalue weighted by Gasteiger charge is -2.29. The van der Waals surface area contributed by atoms with E-state index >= 15 is 0 Å². The van der Waals surface area contributed by atoms with Crippen LogP contribution in [0.15, 0.2) is 35.5 Å². The molecule has 3 N–H and O–H groups in total. The standard InChI is InChI=1S/C22H29BClN3O5S/c1-14(2)9-19(23(29)30)26-21(28)22(10-16-7-5-4-6-8-16)11-17(27-32-22)12-31-13-18-20(24)33-15(3)25-18/h4-8,14,19,29-30H,9-13H2,1-3H3,(H,26,28)/t19-,22?/m0/s1. The fourth-order valence-electron chi connectivity index (χ4n) is 3.71. The van der Waals surface area contributed by atoms with E-state index in [4.69, 9.17) is 21.2 Å². The highest BCUT2D eigenvalue weighted by Crippen LogP contribution is 2.30. The number of nitrogens with one attached hydrogen (secondary N) is 1. The molecule has 0 aliphatic carbocycles. The van der Waals surface area contributed by atoms with Crippen LogP contribution < -0.4 is 5.32 Å². The van der Waals surface area contributed by atoms with E-state index in [2.05, 4.69) is 15.5 Å². The Morgan fingerprint density at radius 3 is 2.67 bits per heavy atom. The normalized spacial score (nSPS) is 18.7. The van der Waals surface area contributed by atoms with Gasteiger partial charge in [-0.05, 0) is 24.8 Å². The molecule has 0 fully saturated rings. The Kier molecular flexibility index (Phi) is 8.89. The first kappa shape index (κ1) is 25.6. The zero-order valence-corrected chi connectivity index (χ0v) is 20.5. The summed E-state index contributed by atoms with van der Waals surface area (Å²) in [5, 5.41) is 27.3. The molecule has 2 atom stereocenters. The molecular formula is C22H29BClN3O5S. The van der Waals surface area contributed by atoms with Crippen molar-refractivity contribution in [3.8, 4) is 0 Å². The van der Waals surface area contributed by atoms with E-state index in [1.807, 2.05) is 51.1 Å². The maximum Gasteiger partial charge on any atom is 0.475 e. The zero-order chi connectivity index (χ0) is 24.0. The van der Waals surface area contributed by atoms with E-state index in [0.717, 1.165) is 10.6 Å². The number of halogens is 1.